The van der Waals surface area contributed by atoms with Crippen LogP contribution < -0.4 is 10.2 Å². The van der Waals surface area contributed by atoms with Crippen molar-refractivity contribution in [2.24, 2.45) is 0 Å². The molecule has 2 aromatic carbocycles. The van der Waals surface area contributed by atoms with E-state index in [0.717, 1.165) is 24.3 Å². The summed E-state index contributed by atoms with van der Waals surface area (Å²) in [6.07, 6.45) is -17.7. The molecule has 2 saturated heterocycles. The second-order valence-electron chi connectivity index (χ2n) is 10.3. The van der Waals surface area contributed by atoms with Gasteiger partial charge in [0.15, 0.2) is 23.5 Å². The molecule has 1 aromatic heterocycles. The van der Waals surface area contributed by atoms with Crippen molar-refractivity contribution in [3.05, 3.63) is 40.6 Å². The van der Waals surface area contributed by atoms with E-state index in [0.29, 0.717) is 0 Å². The summed E-state index contributed by atoms with van der Waals surface area (Å²) in [6, 6.07) is 5.17. The van der Waals surface area contributed by atoms with Crippen LogP contribution in [0.4, 0.5) is 0 Å². The van der Waals surface area contributed by atoms with Gasteiger partial charge in [-0.15, -0.1) is 0 Å². The van der Waals surface area contributed by atoms with Crippen LogP contribution in [-0.2, 0) is 14.2 Å². The molecule has 240 valence electrons. The zero-order chi connectivity index (χ0) is 32.0. The van der Waals surface area contributed by atoms with Crippen LogP contribution in [0.1, 0.15) is 0 Å². The minimum Gasteiger partial charge on any atom is -0.508 e. The number of aromatic hydroxyl groups is 4. The second-order valence-corrected chi connectivity index (χ2v) is 10.3. The summed E-state index contributed by atoms with van der Waals surface area (Å²) < 4.78 is 27.8. The lowest BCUT2D eigenvalue weighted by atomic mass is 9.97. The Morgan fingerprint density at radius 3 is 2.02 bits per heavy atom. The fourth-order valence-corrected chi connectivity index (χ4v) is 5.00. The number of phenols is 4. The summed E-state index contributed by atoms with van der Waals surface area (Å²) in [7, 11) is 0. The van der Waals surface area contributed by atoms with Crippen molar-refractivity contribution in [1.29, 1.82) is 0 Å². The Kier molecular flexibility index (Phi) is 8.87. The molecule has 0 radical (unpaired) electrons. The highest BCUT2D eigenvalue weighted by molar-refractivity contribution is 5.88. The topological polar surface area (TPSA) is 290 Å². The molecule has 10 atom stereocenters. The van der Waals surface area contributed by atoms with E-state index in [4.69, 9.17) is 23.4 Å². The average Bonchev–Trinajstić information content (AvgIpc) is 2.98. The summed E-state index contributed by atoms with van der Waals surface area (Å²) >= 11 is 0. The Morgan fingerprint density at radius 1 is 0.705 bits per heavy atom. The number of aliphatic hydroxyl groups is 7. The van der Waals surface area contributed by atoms with Crippen LogP contribution in [0.5, 0.6) is 28.7 Å². The van der Waals surface area contributed by atoms with Gasteiger partial charge in [0.1, 0.15) is 71.3 Å². The molecule has 0 spiro atoms. The summed E-state index contributed by atoms with van der Waals surface area (Å²) in [5, 5.41) is 111. The van der Waals surface area contributed by atoms with Gasteiger partial charge in [-0.25, -0.2) is 0 Å². The fraction of sp³-hybridized carbons (Fsp3) is 0.444. The van der Waals surface area contributed by atoms with Gasteiger partial charge in [0.25, 0.3) is 0 Å². The third-order valence-corrected chi connectivity index (χ3v) is 7.35. The Labute approximate surface area is 246 Å². The van der Waals surface area contributed by atoms with Gasteiger partial charge in [0.2, 0.25) is 17.5 Å². The van der Waals surface area contributed by atoms with Crippen LogP contribution in [0, 0.1) is 0 Å². The molecule has 17 nitrogen and oxygen atoms in total. The quantitative estimate of drug-likeness (QED) is 0.119. The second kappa shape index (κ2) is 12.3. The summed E-state index contributed by atoms with van der Waals surface area (Å²) in [5.41, 5.74) is -1.41. The summed E-state index contributed by atoms with van der Waals surface area (Å²) in [5.74, 6) is -3.44. The standard InChI is InChI=1S/C27H30O17/c28-6-14-17(34)19(36)21(38)26(41-14)43-24-15(7-29)42-27(22(39)20(24)37)44-25-18(35)16-12(33)4-9(30)5-13(16)40-23(25)8-1-2-10(31)11(32)3-8/h1-5,14-15,17,19-22,24,26-34,36-39H,6-7H2/t14-,15+,17+,19+,20+,21-,22+,24+,26+,27+/m1/s1. The Morgan fingerprint density at radius 2 is 1.36 bits per heavy atom. The normalized spacial score (nSPS) is 32.5. The van der Waals surface area contributed by atoms with Gasteiger partial charge in [-0.05, 0) is 18.2 Å². The summed E-state index contributed by atoms with van der Waals surface area (Å²) in [4.78, 5) is 13.6. The lowest BCUT2D eigenvalue weighted by Gasteiger charge is -2.45. The zero-order valence-electron chi connectivity index (χ0n) is 22.4. The molecule has 2 aliphatic rings. The van der Waals surface area contributed by atoms with Gasteiger partial charge in [0, 0.05) is 17.7 Å². The van der Waals surface area contributed by atoms with Crippen LogP contribution in [0.3, 0.4) is 0 Å². The van der Waals surface area contributed by atoms with Crippen molar-refractivity contribution in [2.75, 3.05) is 13.2 Å². The number of hydrogen-bond acceptors (Lipinski definition) is 17. The Balaban J connectivity index is 1.49. The number of benzene rings is 2. The number of aliphatic hydroxyl groups excluding tert-OH is 7. The highest BCUT2D eigenvalue weighted by atomic mass is 16.7. The minimum absolute atomic E-state index is 0.0504. The van der Waals surface area contributed by atoms with Crippen LogP contribution in [-0.4, -0.2) is 131 Å². The predicted octanol–water partition coefficient (Wildman–Crippen LogP) is -2.71. The first-order chi connectivity index (χ1) is 20.9. The number of hydrogen-bond donors (Lipinski definition) is 11. The van der Waals surface area contributed by atoms with Gasteiger partial charge >= 0.3 is 0 Å². The molecule has 2 fully saturated rings. The SMILES string of the molecule is O=c1c(O[C@@H]2O[C@@H](CO)[C@H](O[C@@H]3O[C@H](CO)[C@H](O)[C@H](O)[C@H]3O)[C@@H](O)[C@@H]2O)c(-c2ccc(O)c(O)c2)oc2cc(O)cc(O)c12. The molecule has 17 heteroatoms. The summed E-state index contributed by atoms with van der Waals surface area (Å²) in [6.45, 7) is -1.67. The molecule has 11 N–H and O–H groups in total. The zero-order valence-corrected chi connectivity index (χ0v) is 22.4. The highest BCUT2D eigenvalue weighted by Gasteiger charge is 2.51. The molecule has 3 heterocycles. The van der Waals surface area contributed by atoms with Gasteiger partial charge in [-0.3, -0.25) is 4.79 Å². The van der Waals surface area contributed by atoms with E-state index >= 15 is 0 Å². The third-order valence-electron chi connectivity index (χ3n) is 7.35. The van der Waals surface area contributed by atoms with E-state index in [1.54, 1.807) is 0 Å². The van der Waals surface area contributed by atoms with Gasteiger partial charge in [-0.2, -0.15) is 0 Å². The van der Waals surface area contributed by atoms with Crippen molar-refractivity contribution in [3.8, 4) is 40.1 Å². The molecular weight excluding hydrogens is 596 g/mol. The lowest BCUT2D eigenvalue weighted by Crippen LogP contribution is -2.65. The Bertz CT molecular complexity index is 1550. The molecule has 3 aromatic rings. The van der Waals surface area contributed by atoms with E-state index in [1.807, 2.05) is 0 Å². The van der Waals surface area contributed by atoms with Crippen molar-refractivity contribution in [2.45, 2.75) is 61.4 Å². The monoisotopic (exact) mass is 626 g/mol. The van der Waals surface area contributed by atoms with Crippen LogP contribution >= 0.6 is 0 Å². The molecule has 0 saturated carbocycles. The average molecular weight is 627 g/mol. The maximum absolute atomic E-state index is 13.6. The molecule has 5 rings (SSSR count). The van der Waals surface area contributed by atoms with Gasteiger partial charge in [0.05, 0.1) is 13.2 Å². The first-order valence-corrected chi connectivity index (χ1v) is 13.2. The number of rotatable bonds is 7. The van der Waals surface area contributed by atoms with E-state index in [-0.39, 0.29) is 11.1 Å². The number of ether oxygens (including phenoxy) is 4. The maximum Gasteiger partial charge on any atom is 0.239 e. The fourth-order valence-electron chi connectivity index (χ4n) is 5.00. The first-order valence-electron chi connectivity index (χ1n) is 13.2. The number of fused-ring (bicyclic) bond motifs is 1. The smallest absolute Gasteiger partial charge is 0.239 e. The van der Waals surface area contributed by atoms with Gasteiger partial charge in [-0.1, -0.05) is 0 Å². The van der Waals surface area contributed by atoms with Crippen LogP contribution in [0.25, 0.3) is 22.3 Å². The van der Waals surface area contributed by atoms with E-state index < -0.39 is 120 Å². The molecule has 0 bridgehead atoms. The van der Waals surface area contributed by atoms with Crippen molar-refractivity contribution in [1.82, 2.24) is 0 Å². The van der Waals surface area contributed by atoms with Crippen molar-refractivity contribution in [3.63, 3.8) is 0 Å². The molecule has 2 aliphatic heterocycles. The van der Waals surface area contributed by atoms with Crippen molar-refractivity contribution >= 4 is 11.0 Å². The largest absolute Gasteiger partial charge is 0.508 e. The van der Waals surface area contributed by atoms with Gasteiger partial charge < -0.3 is 79.5 Å². The molecule has 44 heavy (non-hydrogen) atoms. The van der Waals surface area contributed by atoms with Crippen LogP contribution in [0.15, 0.2) is 39.5 Å². The number of phenolic OH excluding ortho intramolecular Hbond substituents is 4. The van der Waals surface area contributed by atoms with E-state index in [9.17, 15) is 61.0 Å². The molecule has 0 aliphatic carbocycles. The van der Waals surface area contributed by atoms with E-state index in [2.05, 4.69) is 0 Å². The lowest BCUT2D eigenvalue weighted by molar-refractivity contribution is -0.352. The van der Waals surface area contributed by atoms with Crippen molar-refractivity contribution < 1.29 is 79.5 Å². The highest BCUT2D eigenvalue weighted by Crippen LogP contribution is 2.39. The third kappa shape index (κ3) is 5.61. The molecular formula is C27H30O17. The minimum atomic E-state index is -2.04. The molecule has 0 amide bonds. The molecule has 0 unspecified atom stereocenters. The predicted molar refractivity (Wildman–Crippen MR) is 142 cm³/mol. The Hall–Kier alpha value is -3.75. The van der Waals surface area contributed by atoms with Crippen LogP contribution in [0.2, 0.25) is 0 Å². The maximum atomic E-state index is 13.6. The van der Waals surface area contributed by atoms with E-state index in [1.165, 1.54) is 6.07 Å². The first kappa shape index (κ1) is 31.7.